The zero-order valence-corrected chi connectivity index (χ0v) is 22.6. The molecule has 0 saturated heterocycles. The van der Waals surface area contributed by atoms with Crippen LogP contribution in [0.5, 0.6) is 5.75 Å². The molecule has 0 aromatic carbocycles. The molecule has 1 saturated carbocycles. The van der Waals surface area contributed by atoms with Crippen LogP contribution < -0.4 is 10.1 Å². The number of aryl methyl sites for hydroxylation is 1. The number of thiazole rings is 1. The number of ether oxygens (including phenoxy) is 2. The number of carbonyl (C=O) groups excluding carboxylic acids is 1. The number of carbonyl (C=O) groups is 1. The molecule has 11 heteroatoms. The lowest BCUT2D eigenvalue weighted by Crippen LogP contribution is -2.32. The molecule has 9 nitrogen and oxygen atoms in total. The number of anilines is 1. The van der Waals surface area contributed by atoms with Gasteiger partial charge in [-0.05, 0) is 51.7 Å². The fourth-order valence-corrected chi connectivity index (χ4v) is 5.59. The molecule has 1 amide bonds. The molecule has 4 heterocycles. The monoisotopic (exact) mass is 538 g/mol. The van der Waals surface area contributed by atoms with Gasteiger partial charge in [-0.3, -0.25) is 15.1 Å². The van der Waals surface area contributed by atoms with Crippen molar-refractivity contribution in [3.63, 3.8) is 0 Å². The van der Waals surface area contributed by atoms with Crippen molar-refractivity contribution < 1.29 is 14.3 Å². The minimum Gasteiger partial charge on any atom is -0.494 e. The van der Waals surface area contributed by atoms with E-state index in [4.69, 9.17) is 26.1 Å². The van der Waals surface area contributed by atoms with E-state index in [1.165, 1.54) is 23.7 Å². The zero-order chi connectivity index (χ0) is 26.2. The molecule has 1 N–H and O–H groups in total. The largest absolute Gasteiger partial charge is 0.494 e. The summed E-state index contributed by atoms with van der Waals surface area (Å²) in [5.74, 6) is 0.477. The van der Waals surface area contributed by atoms with Crippen LogP contribution in [0.2, 0.25) is 5.15 Å². The molecule has 1 aliphatic rings. The topological polar surface area (TPSA) is 112 Å². The van der Waals surface area contributed by atoms with E-state index in [-0.39, 0.29) is 11.5 Å². The maximum Gasteiger partial charge on any atom is 0.259 e. The van der Waals surface area contributed by atoms with Gasteiger partial charge in [0.15, 0.2) is 15.6 Å². The Morgan fingerprint density at radius 1 is 1.08 bits per heavy atom. The maximum atomic E-state index is 13.4. The molecule has 4 aromatic rings. The molecule has 0 radical (unpaired) electrons. The molecular formula is C26H27ClN6O3S. The maximum absolute atomic E-state index is 13.4. The number of hydrogen-bond donors (Lipinski definition) is 1. The van der Waals surface area contributed by atoms with Crippen LogP contribution in [0.15, 0.2) is 30.7 Å². The summed E-state index contributed by atoms with van der Waals surface area (Å²) in [6, 6.07) is 3.48. The summed E-state index contributed by atoms with van der Waals surface area (Å²) < 4.78 is 11.1. The predicted molar refractivity (Wildman–Crippen MR) is 144 cm³/mol. The smallest absolute Gasteiger partial charge is 0.259 e. The third-order valence-electron chi connectivity index (χ3n) is 6.95. The van der Waals surface area contributed by atoms with Gasteiger partial charge in [-0.1, -0.05) is 22.9 Å². The van der Waals surface area contributed by atoms with E-state index in [2.05, 4.69) is 32.2 Å². The number of nitrogens with one attached hydrogen (secondary N) is 1. The summed E-state index contributed by atoms with van der Waals surface area (Å²) in [6.45, 7) is 4.01. The first-order valence-electron chi connectivity index (χ1n) is 11.9. The van der Waals surface area contributed by atoms with Gasteiger partial charge in [0.2, 0.25) is 0 Å². The number of amides is 1. The van der Waals surface area contributed by atoms with Gasteiger partial charge in [-0.2, -0.15) is 4.98 Å². The number of rotatable bonds is 6. The van der Waals surface area contributed by atoms with Gasteiger partial charge >= 0.3 is 0 Å². The highest BCUT2D eigenvalue weighted by Gasteiger charge is 2.32. The number of aromatic nitrogens is 5. The van der Waals surface area contributed by atoms with E-state index in [1.807, 2.05) is 13.0 Å². The molecule has 0 aliphatic heterocycles. The minimum atomic E-state index is -0.358. The van der Waals surface area contributed by atoms with Crippen molar-refractivity contribution in [2.45, 2.75) is 51.0 Å². The highest BCUT2D eigenvalue weighted by atomic mass is 35.5. The highest BCUT2D eigenvalue weighted by molar-refractivity contribution is 7.21. The fraction of sp³-hybridized carbons (Fsp3) is 0.385. The average Bonchev–Trinajstić information content (AvgIpc) is 3.30. The number of halogens is 1. The molecule has 0 spiro atoms. The van der Waals surface area contributed by atoms with Gasteiger partial charge < -0.3 is 9.47 Å². The van der Waals surface area contributed by atoms with Crippen LogP contribution in [0.25, 0.3) is 21.6 Å². The number of methoxy groups -OCH3 is 2. The molecule has 1 fully saturated rings. The SMILES string of the molecule is COc1cnc(Cl)cc1-c1cc(C)ncc1C(=O)Nc1nc2ncc(C3CCC(C)(OC)CC3)nc2s1. The van der Waals surface area contributed by atoms with E-state index >= 15 is 0 Å². The molecule has 4 aromatic heterocycles. The summed E-state index contributed by atoms with van der Waals surface area (Å²) in [5.41, 5.74) is 3.78. The van der Waals surface area contributed by atoms with Crippen molar-refractivity contribution in [3.8, 4) is 16.9 Å². The molecule has 0 unspecified atom stereocenters. The van der Waals surface area contributed by atoms with E-state index in [0.717, 1.165) is 37.1 Å². The zero-order valence-electron chi connectivity index (χ0n) is 21.0. The first-order valence-corrected chi connectivity index (χ1v) is 13.1. The standard InChI is InChI=1S/C26H27ClN6O3S/c1-14-9-16(17-10-21(27)29-13-20(17)35-3)18(11-28-14)23(34)33-25-32-22-24(37-25)31-19(12-30-22)15-5-7-26(2,36-4)8-6-15/h9-13,15H,5-8H2,1-4H3,(H,30,32,33,34). The minimum absolute atomic E-state index is 0.0642. The molecule has 0 atom stereocenters. The molecule has 5 rings (SSSR count). The van der Waals surface area contributed by atoms with Crippen LogP contribution in [0, 0.1) is 6.92 Å². The third kappa shape index (κ3) is 5.27. The fourth-order valence-electron chi connectivity index (χ4n) is 4.63. The Bertz CT molecular complexity index is 1470. The first-order chi connectivity index (χ1) is 17.8. The Morgan fingerprint density at radius 2 is 1.86 bits per heavy atom. The van der Waals surface area contributed by atoms with Crippen molar-refractivity contribution in [2.24, 2.45) is 0 Å². The van der Waals surface area contributed by atoms with Crippen molar-refractivity contribution in [2.75, 3.05) is 19.5 Å². The second-order valence-electron chi connectivity index (χ2n) is 9.40. The van der Waals surface area contributed by atoms with Gasteiger partial charge in [0, 0.05) is 36.0 Å². The summed E-state index contributed by atoms with van der Waals surface area (Å²) in [5, 5.41) is 3.60. The van der Waals surface area contributed by atoms with Crippen molar-refractivity contribution in [1.29, 1.82) is 0 Å². The average molecular weight is 539 g/mol. The molecule has 37 heavy (non-hydrogen) atoms. The van der Waals surface area contributed by atoms with Crippen molar-refractivity contribution in [3.05, 3.63) is 52.8 Å². The van der Waals surface area contributed by atoms with Crippen LogP contribution >= 0.6 is 22.9 Å². The summed E-state index contributed by atoms with van der Waals surface area (Å²) in [6.07, 6.45) is 8.83. The van der Waals surface area contributed by atoms with E-state index < -0.39 is 0 Å². The summed E-state index contributed by atoms with van der Waals surface area (Å²) in [7, 11) is 3.32. The number of fused-ring (bicyclic) bond motifs is 1. The van der Waals surface area contributed by atoms with Gasteiger partial charge in [-0.25, -0.2) is 15.0 Å². The van der Waals surface area contributed by atoms with E-state index in [9.17, 15) is 4.79 Å². The Hall–Kier alpha value is -3.21. The van der Waals surface area contributed by atoms with Crippen molar-refractivity contribution >= 4 is 44.5 Å². The second-order valence-corrected chi connectivity index (χ2v) is 10.8. The first kappa shape index (κ1) is 25.4. The Kier molecular flexibility index (Phi) is 7.06. The Balaban J connectivity index is 1.40. The van der Waals surface area contributed by atoms with Crippen molar-refractivity contribution in [1.82, 2.24) is 24.9 Å². The van der Waals surface area contributed by atoms with Crippen LogP contribution in [0.4, 0.5) is 5.13 Å². The van der Waals surface area contributed by atoms with Gasteiger partial charge in [0.25, 0.3) is 5.91 Å². The summed E-state index contributed by atoms with van der Waals surface area (Å²) >= 11 is 7.45. The van der Waals surface area contributed by atoms with Crippen LogP contribution in [0.3, 0.4) is 0 Å². The number of nitrogens with zero attached hydrogens (tertiary/aromatic N) is 5. The number of hydrogen-bond acceptors (Lipinski definition) is 9. The second kappa shape index (κ2) is 10.3. The molecule has 0 bridgehead atoms. The van der Waals surface area contributed by atoms with Gasteiger partial charge in [0.05, 0.1) is 36.4 Å². The number of pyridine rings is 2. The molecule has 1 aliphatic carbocycles. The lowest BCUT2D eigenvalue weighted by Gasteiger charge is -2.35. The van der Waals surface area contributed by atoms with Gasteiger partial charge in [-0.15, -0.1) is 0 Å². The van der Waals surface area contributed by atoms with E-state index in [0.29, 0.717) is 49.1 Å². The van der Waals surface area contributed by atoms with E-state index in [1.54, 1.807) is 26.5 Å². The van der Waals surface area contributed by atoms with Crippen LogP contribution in [-0.4, -0.2) is 50.6 Å². The highest BCUT2D eigenvalue weighted by Crippen LogP contribution is 2.39. The van der Waals surface area contributed by atoms with Gasteiger partial charge in [0.1, 0.15) is 10.9 Å². The quantitative estimate of drug-likeness (QED) is 0.305. The van der Waals surface area contributed by atoms with Crippen LogP contribution in [-0.2, 0) is 4.74 Å². The third-order valence-corrected chi connectivity index (χ3v) is 8.01. The Morgan fingerprint density at radius 3 is 2.59 bits per heavy atom. The Labute approximate surface area is 223 Å². The molecule has 192 valence electrons. The van der Waals surface area contributed by atoms with Crippen LogP contribution in [0.1, 0.15) is 60.3 Å². The lowest BCUT2D eigenvalue weighted by molar-refractivity contribution is -0.0273. The predicted octanol–water partition coefficient (Wildman–Crippen LogP) is 5.83. The molecular weight excluding hydrogens is 512 g/mol. The summed E-state index contributed by atoms with van der Waals surface area (Å²) in [4.78, 5) is 36.3. The lowest BCUT2D eigenvalue weighted by atomic mass is 9.78. The normalized spacial score (nSPS) is 19.6.